The molecule has 6 heteroatoms. The molecule has 146 valence electrons. The number of hydrogen-bond donors (Lipinski definition) is 0. The van der Waals surface area contributed by atoms with Crippen molar-refractivity contribution in [3.63, 3.8) is 0 Å². The van der Waals surface area contributed by atoms with Crippen LogP contribution in [0.5, 0.6) is 0 Å². The van der Waals surface area contributed by atoms with E-state index in [0.29, 0.717) is 12.8 Å². The highest BCUT2D eigenvalue weighted by Crippen LogP contribution is 2.19. The largest absolute Gasteiger partial charge is 0.469 e. The summed E-state index contributed by atoms with van der Waals surface area (Å²) in [5.74, 6) is 4.79. The van der Waals surface area contributed by atoms with Gasteiger partial charge in [-0.05, 0) is 68.0 Å². The van der Waals surface area contributed by atoms with Gasteiger partial charge in [0, 0.05) is 12.8 Å². The Bertz CT molecular complexity index is 363. The van der Waals surface area contributed by atoms with Crippen LogP contribution in [0.1, 0.15) is 70.6 Å². The fraction of sp³-hybridized carbons (Fsp3) is 0.895. The van der Waals surface area contributed by atoms with Gasteiger partial charge in [-0.15, -0.1) is 0 Å². The van der Waals surface area contributed by atoms with Crippen molar-refractivity contribution in [3.8, 4) is 0 Å². The Labute approximate surface area is 161 Å². The minimum atomic E-state index is -0.0911. The molecule has 0 spiro atoms. The third kappa shape index (κ3) is 13.5. The molecule has 0 saturated carbocycles. The molecule has 0 N–H and O–H groups in total. The van der Waals surface area contributed by atoms with Crippen LogP contribution in [0.4, 0.5) is 0 Å². The number of carbonyl (C=O) groups excluding carboxylic acids is 2. The second-order valence-corrected chi connectivity index (χ2v) is 8.91. The fourth-order valence-corrected chi connectivity index (χ4v) is 4.86. The minimum Gasteiger partial charge on any atom is -0.469 e. The Hall–Kier alpha value is -0.360. The highest BCUT2D eigenvalue weighted by molar-refractivity contribution is 8.00. The lowest BCUT2D eigenvalue weighted by molar-refractivity contribution is -0.154. The summed E-state index contributed by atoms with van der Waals surface area (Å²) in [6, 6.07) is 0. The first-order valence-electron chi connectivity index (χ1n) is 9.64. The summed E-state index contributed by atoms with van der Waals surface area (Å²) in [6.45, 7) is 0. The van der Waals surface area contributed by atoms with Crippen molar-refractivity contribution in [1.29, 1.82) is 0 Å². The van der Waals surface area contributed by atoms with Gasteiger partial charge in [0.2, 0.25) is 0 Å². The van der Waals surface area contributed by atoms with E-state index in [-0.39, 0.29) is 18.0 Å². The smallest absolute Gasteiger partial charge is 0.306 e. The number of carbonyl (C=O) groups is 2. The maximum atomic E-state index is 11.2. The molecule has 1 aliphatic rings. The Morgan fingerprint density at radius 1 is 1.04 bits per heavy atom. The first-order chi connectivity index (χ1) is 12.2. The lowest BCUT2D eigenvalue weighted by Gasteiger charge is -2.21. The van der Waals surface area contributed by atoms with Gasteiger partial charge in [0.1, 0.15) is 6.10 Å². The van der Waals surface area contributed by atoms with Crippen molar-refractivity contribution in [1.82, 2.24) is 0 Å². The van der Waals surface area contributed by atoms with Crippen LogP contribution in [0.2, 0.25) is 0 Å². The Morgan fingerprint density at radius 3 is 2.44 bits per heavy atom. The molecule has 0 aromatic rings. The van der Waals surface area contributed by atoms with Crippen LogP contribution in [-0.4, -0.2) is 48.2 Å². The number of methoxy groups -OCH3 is 1. The van der Waals surface area contributed by atoms with Crippen LogP contribution in [0.15, 0.2) is 0 Å². The first-order valence-corrected chi connectivity index (χ1v) is 11.9. The monoisotopic (exact) mass is 390 g/mol. The van der Waals surface area contributed by atoms with Gasteiger partial charge in [-0.2, -0.15) is 23.5 Å². The Kier molecular flexibility index (Phi) is 14.4. The summed E-state index contributed by atoms with van der Waals surface area (Å²) in [5, 5.41) is 0. The van der Waals surface area contributed by atoms with Crippen molar-refractivity contribution < 1.29 is 19.1 Å². The molecule has 0 radical (unpaired) electrons. The lowest BCUT2D eigenvalue weighted by atomic mass is 10.1. The topological polar surface area (TPSA) is 52.6 Å². The summed E-state index contributed by atoms with van der Waals surface area (Å²) in [5.41, 5.74) is 0. The van der Waals surface area contributed by atoms with Crippen molar-refractivity contribution in [3.05, 3.63) is 0 Å². The van der Waals surface area contributed by atoms with E-state index in [1.54, 1.807) is 0 Å². The van der Waals surface area contributed by atoms with Gasteiger partial charge >= 0.3 is 11.9 Å². The van der Waals surface area contributed by atoms with Crippen LogP contribution in [-0.2, 0) is 19.1 Å². The quantitative estimate of drug-likeness (QED) is 0.294. The summed E-state index contributed by atoms with van der Waals surface area (Å²) in [6.07, 6.45) is 11.4. The molecule has 1 unspecified atom stereocenters. The van der Waals surface area contributed by atoms with Gasteiger partial charge in [-0.3, -0.25) is 9.59 Å². The maximum Gasteiger partial charge on any atom is 0.306 e. The molecule has 0 bridgehead atoms. The van der Waals surface area contributed by atoms with Crippen molar-refractivity contribution >= 4 is 35.5 Å². The summed E-state index contributed by atoms with van der Waals surface area (Å²) in [4.78, 5) is 22.2. The summed E-state index contributed by atoms with van der Waals surface area (Å²) in [7, 11) is 1.45. The van der Waals surface area contributed by atoms with Gasteiger partial charge in [0.15, 0.2) is 0 Å². The third-order valence-corrected chi connectivity index (χ3v) is 6.55. The standard InChI is InChI=1S/C19H34O4S2/c1-22-18(20)11-4-2-3-5-13-24-15-8-16-25-14-7-10-17-9-6-12-19(21)23-17/h17H,2-16H2,1H3. The normalized spacial score (nSPS) is 17.3. The molecular weight excluding hydrogens is 356 g/mol. The molecule has 1 atom stereocenters. The number of unbranched alkanes of at least 4 members (excludes halogenated alkanes) is 3. The Balaban J connectivity index is 1.73. The molecule has 0 aliphatic carbocycles. The predicted molar refractivity (Wildman–Crippen MR) is 107 cm³/mol. The molecule has 1 aliphatic heterocycles. The number of cyclic esters (lactones) is 1. The van der Waals surface area contributed by atoms with Gasteiger partial charge in [0.25, 0.3) is 0 Å². The average molecular weight is 391 g/mol. The zero-order valence-electron chi connectivity index (χ0n) is 15.6. The summed E-state index contributed by atoms with van der Waals surface area (Å²) >= 11 is 4.07. The fourth-order valence-electron chi connectivity index (χ4n) is 2.79. The van der Waals surface area contributed by atoms with Gasteiger partial charge in [0.05, 0.1) is 7.11 Å². The second kappa shape index (κ2) is 15.9. The van der Waals surface area contributed by atoms with Crippen LogP contribution in [0, 0.1) is 0 Å². The zero-order valence-corrected chi connectivity index (χ0v) is 17.3. The molecule has 0 aromatic heterocycles. The van der Waals surface area contributed by atoms with Gasteiger partial charge in [-0.25, -0.2) is 0 Å². The average Bonchev–Trinajstić information content (AvgIpc) is 2.61. The molecule has 25 heavy (non-hydrogen) atoms. The van der Waals surface area contributed by atoms with E-state index in [4.69, 9.17) is 4.74 Å². The van der Waals surface area contributed by atoms with E-state index >= 15 is 0 Å². The predicted octanol–water partition coefficient (Wildman–Crippen LogP) is 4.84. The van der Waals surface area contributed by atoms with Crippen LogP contribution in [0.25, 0.3) is 0 Å². The summed E-state index contributed by atoms with van der Waals surface area (Å²) < 4.78 is 9.96. The van der Waals surface area contributed by atoms with E-state index in [2.05, 4.69) is 4.74 Å². The third-order valence-electron chi connectivity index (χ3n) is 4.24. The minimum absolute atomic E-state index is 0.00982. The lowest BCUT2D eigenvalue weighted by Crippen LogP contribution is -2.23. The van der Waals surface area contributed by atoms with E-state index in [0.717, 1.165) is 38.5 Å². The van der Waals surface area contributed by atoms with Gasteiger partial charge in [-0.1, -0.05) is 12.8 Å². The maximum absolute atomic E-state index is 11.2. The van der Waals surface area contributed by atoms with E-state index < -0.39 is 0 Å². The SMILES string of the molecule is COC(=O)CCCCCCSCCCSCCCC1CCCC(=O)O1. The number of rotatable bonds is 15. The number of hydrogen-bond acceptors (Lipinski definition) is 6. The van der Waals surface area contributed by atoms with Crippen LogP contribution < -0.4 is 0 Å². The Morgan fingerprint density at radius 2 is 1.72 bits per heavy atom. The molecule has 1 heterocycles. The molecule has 0 amide bonds. The van der Waals surface area contributed by atoms with E-state index in [1.807, 2.05) is 23.5 Å². The molecular formula is C19H34O4S2. The molecule has 4 nitrogen and oxygen atoms in total. The van der Waals surface area contributed by atoms with E-state index in [1.165, 1.54) is 49.4 Å². The van der Waals surface area contributed by atoms with Crippen LogP contribution >= 0.6 is 23.5 Å². The molecule has 0 aromatic carbocycles. The zero-order chi connectivity index (χ0) is 18.2. The number of ether oxygens (including phenoxy) is 2. The van der Waals surface area contributed by atoms with Crippen LogP contribution in [0.3, 0.4) is 0 Å². The van der Waals surface area contributed by atoms with Crippen molar-refractivity contribution in [2.75, 3.05) is 30.1 Å². The molecule has 1 saturated heterocycles. The number of esters is 2. The highest BCUT2D eigenvalue weighted by atomic mass is 32.2. The van der Waals surface area contributed by atoms with Crippen molar-refractivity contribution in [2.45, 2.75) is 76.7 Å². The molecule has 1 rings (SSSR count). The number of thioether (sulfide) groups is 2. The first kappa shape index (κ1) is 22.7. The van der Waals surface area contributed by atoms with Crippen molar-refractivity contribution in [2.24, 2.45) is 0 Å². The second-order valence-electron chi connectivity index (χ2n) is 6.46. The highest BCUT2D eigenvalue weighted by Gasteiger charge is 2.19. The molecule has 1 fully saturated rings. The van der Waals surface area contributed by atoms with E-state index in [9.17, 15) is 9.59 Å². The van der Waals surface area contributed by atoms with Gasteiger partial charge < -0.3 is 9.47 Å².